The van der Waals surface area contributed by atoms with E-state index in [1.54, 1.807) is 6.07 Å². The Labute approximate surface area is 165 Å². The summed E-state index contributed by atoms with van der Waals surface area (Å²) in [5.74, 6) is 0.915. The molecule has 0 aromatic heterocycles. The molecule has 1 heterocycles. The number of ether oxygens (including phenoxy) is 1. The molecular weight excluding hydrogens is 384 g/mol. The Morgan fingerprint density at radius 2 is 1.89 bits per heavy atom. The third-order valence-electron chi connectivity index (χ3n) is 5.44. The molecule has 1 fully saturated rings. The van der Waals surface area contributed by atoms with Gasteiger partial charge in [-0.15, -0.1) is 0 Å². The van der Waals surface area contributed by atoms with Gasteiger partial charge in [0.2, 0.25) is 10.0 Å². The molecule has 0 bridgehead atoms. The minimum absolute atomic E-state index is 0.0711. The minimum Gasteiger partial charge on any atom is -0.485 e. The lowest BCUT2D eigenvalue weighted by atomic mass is 10.0. The van der Waals surface area contributed by atoms with Gasteiger partial charge in [0.05, 0.1) is 5.02 Å². The quantitative estimate of drug-likeness (QED) is 0.826. The van der Waals surface area contributed by atoms with Crippen molar-refractivity contribution in [3.8, 4) is 5.75 Å². The van der Waals surface area contributed by atoms with Crippen molar-refractivity contribution in [3.05, 3.63) is 58.6 Å². The number of rotatable bonds is 5. The largest absolute Gasteiger partial charge is 0.485 e. The Hall–Kier alpha value is -1.60. The van der Waals surface area contributed by atoms with Crippen LogP contribution in [0.25, 0.3) is 0 Å². The number of sulfonamides is 1. The summed E-state index contributed by atoms with van der Waals surface area (Å²) in [6.07, 6.45) is 3.43. The Morgan fingerprint density at radius 1 is 1.15 bits per heavy atom. The molecule has 2 unspecified atom stereocenters. The molecule has 2 aromatic carbocycles. The van der Waals surface area contributed by atoms with E-state index in [9.17, 15) is 8.42 Å². The second kappa shape index (κ2) is 7.43. The van der Waals surface area contributed by atoms with Crippen molar-refractivity contribution in [2.75, 3.05) is 19.6 Å². The van der Waals surface area contributed by atoms with Crippen LogP contribution < -0.4 is 9.88 Å². The van der Waals surface area contributed by atoms with Crippen molar-refractivity contribution >= 4 is 21.6 Å². The normalized spacial score (nSPS) is 22.7. The van der Waals surface area contributed by atoms with Crippen LogP contribution in [-0.4, -0.2) is 33.0 Å². The first-order valence-corrected chi connectivity index (χ1v) is 11.1. The molecule has 0 saturated carbocycles. The average molecular weight is 407 g/mol. The van der Waals surface area contributed by atoms with Crippen LogP contribution in [-0.2, 0) is 16.4 Å². The third-order valence-corrected chi connectivity index (χ3v) is 6.83. The summed E-state index contributed by atoms with van der Waals surface area (Å²) in [5, 5.41) is 5.27. The van der Waals surface area contributed by atoms with Crippen molar-refractivity contribution in [2.45, 2.75) is 30.3 Å². The van der Waals surface area contributed by atoms with Crippen molar-refractivity contribution in [1.82, 2.24) is 4.90 Å². The van der Waals surface area contributed by atoms with Crippen LogP contribution >= 0.6 is 11.6 Å². The third kappa shape index (κ3) is 3.99. The number of benzene rings is 2. The van der Waals surface area contributed by atoms with Crippen LogP contribution in [0.3, 0.4) is 0 Å². The number of fused-ring (bicyclic) bond motifs is 1. The summed E-state index contributed by atoms with van der Waals surface area (Å²) >= 11 is 6.13. The first-order valence-electron chi connectivity index (χ1n) is 9.21. The fourth-order valence-electron chi connectivity index (χ4n) is 4.19. The molecule has 1 aliphatic heterocycles. The van der Waals surface area contributed by atoms with Gasteiger partial charge in [-0.25, -0.2) is 13.6 Å². The molecule has 7 heteroatoms. The maximum atomic E-state index is 11.6. The predicted molar refractivity (Wildman–Crippen MR) is 106 cm³/mol. The lowest BCUT2D eigenvalue weighted by molar-refractivity contribution is 0.121. The molecule has 2 N–H and O–H groups in total. The molecule has 27 heavy (non-hydrogen) atoms. The van der Waals surface area contributed by atoms with Crippen LogP contribution in [0, 0.1) is 5.92 Å². The van der Waals surface area contributed by atoms with Gasteiger partial charge in [-0.1, -0.05) is 35.9 Å². The van der Waals surface area contributed by atoms with Crippen LogP contribution in [0.1, 0.15) is 30.1 Å². The summed E-state index contributed by atoms with van der Waals surface area (Å²) in [6.45, 7) is 3.30. The molecule has 4 rings (SSSR count). The summed E-state index contributed by atoms with van der Waals surface area (Å²) < 4.78 is 29.5. The van der Waals surface area contributed by atoms with Crippen LogP contribution in [0.5, 0.6) is 5.75 Å². The number of hydrogen-bond acceptors (Lipinski definition) is 4. The highest BCUT2D eigenvalue weighted by Crippen LogP contribution is 2.41. The van der Waals surface area contributed by atoms with E-state index >= 15 is 0 Å². The highest BCUT2D eigenvalue weighted by molar-refractivity contribution is 7.89. The molecule has 1 saturated heterocycles. The number of nitrogens with zero attached hydrogens (tertiary/aromatic N) is 1. The first-order chi connectivity index (χ1) is 12.9. The standard InChI is InChI=1S/C20H23ClN2O3S/c21-18-12-16(7-8-19(18)27(22,24)25)26-20-15(13-23-9-3-4-10-23)11-14-5-1-2-6-17(14)20/h1-2,5-8,12,15,20H,3-4,9-11,13H2,(H2,22,24,25). The van der Waals surface area contributed by atoms with Gasteiger partial charge in [0.1, 0.15) is 16.7 Å². The van der Waals surface area contributed by atoms with E-state index in [-0.39, 0.29) is 16.0 Å². The lowest BCUT2D eigenvalue weighted by Crippen LogP contribution is -2.30. The van der Waals surface area contributed by atoms with Crippen LogP contribution in [0.2, 0.25) is 5.02 Å². The number of hydrogen-bond donors (Lipinski definition) is 1. The summed E-state index contributed by atoms with van der Waals surface area (Å²) in [4.78, 5) is 2.42. The highest BCUT2D eigenvalue weighted by Gasteiger charge is 2.35. The van der Waals surface area contributed by atoms with E-state index < -0.39 is 10.0 Å². The van der Waals surface area contributed by atoms with Gasteiger partial charge in [0.25, 0.3) is 0 Å². The maximum absolute atomic E-state index is 11.6. The molecule has 0 radical (unpaired) electrons. The smallest absolute Gasteiger partial charge is 0.239 e. The van der Waals surface area contributed by atoms with Gasteiger partial charge in [-0.3, -0.25) is 0 Å². The molecule has 2 atom stereocenters. The van der Waals surface area contributed by atoms with E-state index in [2.05, 4.69) is 23.1 Å². The number of halogens is 1. The Morgan fingerprint density at radius 3 is 2.59 bits per heavy atom. The van der Waals surface area contributed by atoms with Crippen molar-refractivity contribution in [3.63, 3.8) is 0 Å². The zero-order valence-electron chi connectivity index (χ0n) is 15.0. The summed E-state index contributed by atoms with van der Waals surface area (Å²) in [7, 11) is -3.85. The van der Waals surface area contributed by atoms with Gasteiger partial charge in [0, 0.05) is 18.5 Å². The Kier molecular flexibility index (Phi) is 5.16. The van der Waals surface area contributed by atoms with E-state index in [1.807, 2.05) is 6.07 Å². The minimum atomic E-state index is -3.85. The van der Waals surface area contributed by atoms with Gasteiger partial charge in [0.15, 0.2) is 0 Å². The van der Waals surface area contributed by atoms with Crippen molar-refractivity contribution in [1.29, 1.82) is 0 Å². The van der Waals surface area contributed by atoms with E-state index in [1.165, 1.54) is 36.1 Å². The maximum Gasteiger partial charge on any atom is 0.239 e. The van der Waals surface area contributed by atoms with Gasteiger partial charge >= 0.3 is 0 Å². The van der Waals surface area contributed by atoms with E-state index in [0.717, 1.165) is 26.1 Å². The number of likely N-dealkylation sites (tertiary alicyclic amines) is 1. The molecule has 2 aromatic rings. The molecule has 144 valence electrons. The highest BCUT2D eigenvalue weighted by atomic mass is 35.5. The number of primary sulfonamides is 1. The van der Waals surface area contributed by atoms with E-state index in [4.69, 9.17) is 21.5 Å². The van der Waals surface area contributed by atoms with E-state index in [0.29, 0.717) is 11.7 Å². The van der Waals surface area contributed by atoms with Gasteiger partial charge in [-0.05, 0) is 55.6 Å². The SMILES string of the molecule is NS(=O)(=O)c1ccc(OC2c3ccccc3CC2CN2CCCC2)cc1Cl. The predicted octanol–water partition coefficient (Wildman–Crippen LogP) is 3.38. The molecule has 0 spiro atoms. The molecule has 0 amide bonds. The van der Waals surface area contributed by atoms with Crippen LogP contribution in [0.4, 0.5) is 0 Å². The molecular formula is C20H23ClN2O3S. The molecule has 1 aliphatic carbocycles. The van der Waals surface area contributed by atoms with Crippen LogP contribution in [0.15, 0.2) is 47.4 Å². The van der Waals surface area contributed by atoms with Gasteiger partial charge in [-0.2, -0.15) is 0 Å². The topological polar surface area (TPSA) is 72.6 Å². The average Bonchev–Trinajstić information content (AvgIpc) is 3.23. The zero-order chi connectivity index (χ0) is 19.0. The zero-order valence-corrected chi connectivity index (χ0v) is 16.5. The van der Waals surface area contributed by atoms with Gasteiger partial charge < -0.3 is 9.64 Å². The van der Waals surface area contributed by atoms with Crippen molar-refractivity contribution in [2.24, 2.45) is 11.1 Å². The lowest BCUT2D eigenvalue weighted by Gasteiger charge is -2.26. The first kappa shape index (κ1) is 18.7. The molecule has 2 aliphatic rings. The Balaban J connectivity index is 1.60. The Bertz CT molecular complexity index is 942. The fraction of sp³-hybridized carbons (Fsp3) is 0.400. The fourth-order valence-corrected chi connectivity index (χ4v) is 5.27. The molecule has 5 nitrogen and oxygen atoms in total. The summed E-state index contributed by atoms with van der Waals surface area (Å²) in [6, 6.07) is 12.9. The summed E-state index contributed by atoms with van der Waals surface area (Å²) in [5.41, 5.74) is 2.52. The number of nitrogens with two attached hydrogens (primary N) is 1. The monoisotopic (exact) mass is 406 g/mol. The second-order valence-corrected chi connectivity index (χ2v) is 9.28. The second-order valence-electron chi connectivity index (χ2n) is 7.35. The van der Waals surface area contributed by atoms with Crippen molar-refractivity contribution < 1.29 is 13.2 Å².